The Morgan fingerprint density at radius 1 is 1.24 bits per heavy atom. The fourth-order valence-corrected chi connectivity index (χ4v) is 3.05. The second-order valence-corrected chi connectivity index (χ2v) is 6.36. The third-order valence-electron chi connectivity index (χ3n) is 4.40. The summed E-state index contributed by atoms with van der Waals surface area (Å²) < 4.78 is 5.37. The van der Waals surface area contributed by atoms with Crippen molar-refractivity contribution >= 4 is 17.7 Å². The van der Waals surface area contributed by atoms with E-state index in [0.717, 1.165) is 11.3 Å². The van der Waals surface area contributed by atoms with Crippen molar-refractivity contribution in [1.29, 1.82) is 0 Å². The lowest BCUT2D eigenvalue weighted by molar-refractivity contribution is -0.142. The van der Waals surface area contributed by atoms with Gasteiger partial charge in [0.1, 0.15) is 6.26 Å². The van der Waals surface area contributed by atoms with Crippen molar-refractivity contribution in [2.75, 3.05) is 5.32 Å². The number of aromatic nitrogens is 1. The topological polar surface area (TPSA) is 104 Å². The molecule has 1 fully saturated rings. The average Bonchev–Trinajstić information content (AvgIpc) is 3.02. The van der Waals surface area contributed by atoms with E-state index in [9.17, 15) is 9.59 Å². The Morgan fingerprint density at radius 3 is 2.64 bits per heavy atom. The molecule has 2 aromatic rings. The number of carboxylic acid groups (broad SMARTS) is 1. The van der Waals surface area contributed by atoms with Gasteiger partial charge in [-0.3, -0.25) is 4.79 Å². The Morgan fingerprint density at radius 2 is 2.00 bits per heavy atom. The van der Waals surface area contributed by atoms with Crippen molar-refractivity contribution in [3.63, 3.8) is 0 Å². The fourth-order valence-electron chi connectivity index (χ4n) is 3.05. The van der Waals surface area contributed by atoms with Crippen molar-refractivity contribution in [2.24, 2.45) is 5.92 Å². The second kappa shape index (κ2) is 7.38. The number of anilines is 1. The van der Waals surface area contributed by atoms with Crippen LogP contribution >= 0.6 is 0 Å². The number of carbonyl (C=O) groups excluding carboxylic acids is 1. The molecule has 1 heterocycles. The quantitative estimate of drug-likeness (QED) is 0.789. The molecule has 1 saturated carbocycles. The number of urea groups is 1. The van der Waals surface area contributed by atoms with Crippen molar-refractivity contribution in [2.45, 2.75) is 38.6 Å². The molecule has 1 aliphatic rings. The molecular formula is C18H21N3O4. The minimum Gasteiger partial charge on any atom is -0.481 e. The van der Waals surface area contributed by atoms with Gasteiger partial charge in [0.25, 0.3) is 0 Å². The zero-order valence-electron chi connectivity index (χ0n) is 14.0. The number of aryl methyl sites for hydroxylation is 1. The van der Waals surface area contributed by atoms with Crippen LogP contribution in [-0.2, 0) is 4.79 Å². The predicted molar refractivity (Wildman–Crippen MR) is 92.2 cm³/mol. The first kappa shape index (κ1) is 17.0. The summed E-state index contributed by atoms with van der Waals surface area (Å²) in [4.78, 5) is 27.4. The maximum absolute atomic E-state index is 12.2. The maximum Gasteiger partial charge on any atom is 0.319 e. The fraction of sp³-hybridized carbons (Fsp3) is 0.389. The summed E-state index contributed by atoms with van der Waals surface area (Å²) in [6.07, 6.45) is 4.13. The zero-order valence-corrected chi connectivity index (χ0v) is 14.0. The molecule has 0 radical (unpaired) electrons. The first-order chi connectivity index (χ1) is 12.0. The van der Waals surface area contributed by atoms with Gasteiger partial charge in [0.15, 0.2) is 0 Å². The number of nitrogens with one attached hydrogen (secondary N) is 2. The molecule has 3 rings (SSSR count). The highest BCUT2D eigenvalue weighted by molar-refractivity contribution is 5.90. The molecule has 0 aliphatic heterocycles. The molecule has 7 nitrogen and oxygen atoms in total. The SMILES string of the molecule is Cc1coc(-c2cccc(NC(=O)NC3CCC(C(=O)O)CC3)c2)n1. The number of rotatable bonds is 4. The molecule has 7 heteroatoms. The molecule has 0 spiro atoms. The van der Waals surface area contributed by atoms with E-state index in [-0.39, 0.29) is 18.0 Å². The van der Waals surface area contributed by atoms with Crippen LogP contribution in [0.15, 0.2) is 34.9 Å². The first-order valence-electron chi connectivity index (χ1n) is 8.34. The second-order valence-electron chi connectivity index (χ2n) is 6.36. The van der Waals surface area contributed by atoms with E-state index in [4.69, 9.17) is 9.52 Å². The number of nitrogens with zero attached hydrogens (tertiary/aromatic N) is 1. The van der Waals surface area contributed by atoms with Crippen LogP contribution in [-0.4, -0.2) is 28.1 Å². The van der Waals surface area contributed by atoms with Crippen LogP contribution in [0.1, 0.15) is 31.4 Å². The molecule has 132 valence electrons. The Balaban J connectivity index is 1.56. The van der Waals surface area contributed by atoms with Gasteiger partial charge in [0.2, 0.25) is 5.89 Å². The van der Waals surface area contributed by atoms with Crippen molar-refractivity contribution in [3.8, 4) is 11.5 Å². The Hall–Kier alpha value is -2.83. The summed E-state index contributed by atoms with van der Waals surface area (Å²) in [7, 11) is 0. The van der Waals surface area contributed by atoms with Crippen LogP contribution in [0.3, 0.4) is 0 Å². The minimum absolute atomic E-state index is 0.00757. The van der Waals surface area contributed by atoms with Gasteiger partial charge in [-0.05, 0) is 50.8 Å². The molecular weight excluding hydrogens is 322 g/mol. The largest absolute Gasteiger partial charge is 0.481 e. The highest BCUT2D eigenvalue weighted by Crippen LogP contribution is 2.25. The number of hydrogen-bond acceptors (Lipinski definition) is 4. The van der Waals surface area contributed by atoms with E-state index in [0.29, 0.717) is 37.3 Å². The molecule has 0 unspecified atom stereocenters. The summed E-state index contributed by atoms with van der Waals surface area (Å²) in [5, 5.41) is 14.7. The summed E-state index contributed by atoms with van der Waals surface area (Å²) in [5.41, 5.74) is 2.22. The van der Waals surface area contributed by atoms with Gasteiger partial charge in [-0.1, -0.05) is 6.07 Å². The van der Waals surface area contributed by atoms with Crippen molar-refractivity contribution < 1.29 is 19.1 Å². The van der Waals surface area contributed by atoms with Crippen LogP contribution in [0.2, 0.25) is 0 Å². The van der Waals surface area contributed by atoms with Crippen LogP contribution in [0.5, 0.6) is 0 Å². The lowest BCUT2D eigenvalue weighted by Crippen LogP contribution is -2.40. The summed E-state index contributed by atoms with van der Waals surface area (Å²) >= 11 is 0. The molecule has 3 N–H and O–H groups in total. The number of amides is 2. The van der Waals surface area contributed by atoms with E-state index >= 15 is 0 Å². The summed E-state index contributed by atoms with van der Waals surface area (Å²) in [6.45, 7) is 1.85. The molecule has 1 aromatic carbocycles. The van der Waals surface area contributed by atoms with Crippen LogP contribution in [0.25, 0.3) is 11.5 Å². The monoisotopic (exact) mass is 343 g/mol. The third-order valence-corrected chi connectivity index (χ3v) is 4.40. The van der Waals surface area contributed by atoms with Gasteiger partial charge in [0.05, 0.1) is 11.6 Å². The molecule has 1 aliphatic carbocycles. The molecule has 25 heavy (non-hydrogen) atoms. The summed E-state index contributed by atoms with van der Waals surface area (Å²) in [6, 6.07) is 6.99. The zero-order chi connectivity index (χ0) is 17.8. The van der Waals surface area contributed by atoms with Crippen molar-refractivity contribution in [3.05, 3.63) is 36.2 Å². The van der Waals surface area contributed by atoms with E-state index < -0.39 is 5.97 Å². The maximum atomic E-state index is 12.2. The van der Waals surface area contributed by atoms with Crippen LogP contribution in [0, 0.1) is 12.8 Å². The predicted octanol–water partition coefficient (Wildman–Crippen LogP) is 3.41. The van der Waals surface area contributed by atoms with E-state index in [1.807, 2.05) is 19.1 Å². The molecule has 0 bridgehead atoms. The Labute approximate surface area is 145 Å². The number of carbonyl (C=O) groups is 2. The minimum atomic E-state index is -0.749. The normalized spacial score (nSPS) is 20.0. The van der Waals surface area contributed by atoms with Crippen molar-refractivity contribution in [1.82, 2.24) is 10.3 Å². The van der Waals surface area contributed by atoms with Gasteiger partial charge in [-0.25, -0.2) is 9.78 Å². The van der Waals surface area contributed by atoms with Gasteiger partial charge >= 0.3 is 12.0 Å². The first-order valence-corrected chi connectivity index (χ1v) is 8.34. The third kappa shape index (κ3) is 4.37. The Kier molecular flexibility index (Phi) is 5.02. The number of aliphatic carboxylic acids is 1. The van der Waals surface area contributed by atoms with Gasteiger partial charge in [0, 0.05) is 17.3 Å². The standard InChI is InChI=1S/C18H21N3O4/c1-11-10-25-16(19-11)13-3-2-4-15(9-13)21-18(24)20-14-7-5-12(6-8-14)17(22)23/h2-4,9-10,12,14H,5-8H2,1H3,(H,22,23)(H2,20,21,24). The molecule has 2 amide bonds. The highest BCUT2D eigenvalue weighted by Gasteiger charge is 2.26. The van der Waals surface area contributed by atoms with Gasteiger partial charge in [-0.15, -0.1) is 0 Å². The van der Waals surface area contributed by atoms with E-state index in [1.54, 1.807) is 18.4 Å². The highest BCUT2D eigenvalue weighted by atomic mass is 16.4. The number of benzene rings is 1. The molecule has 0 atom stereocenters. The number of carboxylic acids is 1. The lowest BCUT2D eigenvalue weighted by Gasteiger charge is -2.26. The smallest absolute Gasteiger partial charge is 0.319 e. The number of oxazole rings is 1. The summed E-state index contributed by atoms with van der Waals surface area (Å²) in [5.74, 6) is -0.530. The molecule has 0 saturated heterocycles. The van der Waals surface area contributed by atoms with Gasteiger partial charge < -0.3 is 20.2 Å². The lowest BCUT2D eigenvalue weighted by atomic mass is 9.86. The molecule has 1 aromatic heterocycles. The number of hydrogen-bond donors (Lipinski definition) is 3. The average molecular weight is 343 g/mol. The van der Waals surface area contributed by atoms with Crippen LogP contribution < -0.4 is 10.6 Å². The van der Waals surface area contributed by atoms with Crippen LogP contribution in [0.4, 0.5) is 10.5 Å². The van der Waals surface area contributed by atoms with Gasteiger partial charge in [-0.2, -0.15) is 0 Å². The Bertz CT molecular complexity index is 763. The van der Waals surface area contributed by atoms with E-state index in [1.165, 1.54) is 0 Å². The van der Waals surface area contributed by atoms with E-state index in [2.05, 4.69) is 15.6 Å².